The van der Waals surface area contributed by atoms with Crippen LogP contribution in [0.25, 0.3) is 0 Å². The minimum Gasteiger partial charge on any atom is -0.366 e. The molecule has 94 valence electrons. The fraction of sp³-hybridized carbons (Fsp3) is 0.286. The number of hydrogen-bond donors (Lipinski definition) is 0. The molecule has 0 fully saturated rings. The van der Waals surface area contributed by atoms with Gasteiger partial charge in [0.2, 0.25) is 0 Å². The summed E-state index contributed by atoms with van der Waals surface area (Å²) >= 11 is 4.68. The van der Waals surface area contributed by atoms with E-state index >= 15 is 0 Å². The molecule has 0 aromatic carbocycles. The molecule has 0 saturated heterocycles. The summed E-state index contributed by atoms with van der Waals surface area (Å²) < 4.78 is 39.6. The first-order valence-corrected chi connectivity index (χ1v) is 6.10. The van der Waals surface area contributed by atoms with Crippen molar-refractivity contribution < 1.29 is 22.8 Å². The molecule has 1 heterocycles. The number of halogens is 5. The van der Waals surface area contributed by atoms with Crippen molar-refractivity contribution in [3.63, 3.8) is 0 Å². The summed E-state index contributed by atoms with van der Waals surface area (Å²) in [5.74, 6) is -1.51. The highest BCUT2D eigenvalue weighted by atomic mass is 127. The summed E-state index contributed by atoms with van der Waals surface area (Å²) in [6, 6.07) is 0.984. The van der Waals surface area contributed by atoms with Crippen LogP contribution in [-0.4, -0.2) is 16.3 Å². The number of hydrogen-bond acceptors (Lipinski definition) is 4. The third-order valence-electron chi connectivity index (χ3n) is 1.55. The maximum Gasteiger partial charge on any atom is 0.575 e. The first-order chi connectivity index (χ1) is 7.74. The van der Waals surface area contributed by atoms with Gasteiger partial charge in [0, 0.05) is 20.0 Å². The highest BCUT2D eigenvalue weighted by Gasteiger charge is 2.35. The first kappa shape index (κ1) is 14.4. The lowest BCUT2D eigenvalue weighted by atomic mass is 10.3. The normalized spacial score (nSPS) is 11.4. The Balaban J connectivity index is 3.25. The molecule has 1 aromatic heterocycles. The van der Waals surface area contributed by atoms with Crippen molar-refractivity contribution >= 4 is 44.3 Å². The second-order valence-corrected chi connectivity index (χ2v) is 4.41. The Hall–Kier alpha value is -0.650. The van der Waals surface area contributed by atoms with E-state index in [0.29, 0.717) is 0 Å². The van der Waals surface area contributed by atoms with E-state index in [2.05, 4.69) is 25.7 Å². The Labute approximate surface area is 115 Å². The van der Waals surface area contributed by atoms with Crippen LogP contribution in [-0.2, 0) is 5.33 Å². The predicted octanol–water partition coefficient (Wildman–Crippen LogP) is 3.39. The third kappa shape index (κ3) is 3.94. The van der Waals surface area contributed by atoms with Gasteiger partial charge in [0.15, 0.2) is 0 Å². The van der Waals surface area contributed by atoms with E-state index in [1.54, 1.807) is 22.6 Å². The largest absolute Gasteiger partial charge is 0.575 e. The van der Waals surface area contributed by atoms with Crippen molar-refractivity contribution in [3.8, 4) is 5.88 Å². The van der Waals surface area contributed by atoms with Crippen LogP contribution in [0.4, 0.5) is 19.0 Å². The molecule has 0 saturated carbocycles. The average molecular weight is 427 g/mol. The molecule has 1 aromatic rings. The van der Waals surface area contributed by atoms with Crippen LogP contribution < -0.4 is 4.74 Å². The summed E-state index contributed by atoms with van der Waals surface area (Å²) in [5.41, 5.74) is 0.199. The van der Waals surface area contributed by atoms with Gasteiger partial charge in [0.25, 0.3) is 0 Å². The fourth-order valence-electron chi connectivity index (χ4n) is 0.952. The predicted molar refractivity (Wildman–Crippen MR) is 62.9 cm³/mol. The van der Waals surface area contributed by atoms with E-state index < -0.39 is 23.0 Å². The van der Waals surface area contributed by atoms with Gasteiger partial charge in [0.05, 0.1) is 5.56 Å². The summed E-state index contributed by atoms with van der Waals surface area (Å²) in [7, 11) is 0. The molecular formula is C7H3BrF3IN2O3. The van der Waals surface area contributed by atoms with Gasteiger partial charge >= 0.3 is 18.1 Å². The third-order valence-corrected chi connectivity index (χ3v) is 3.07. The van der Waals surface area contributed by atoms with Gasteiger partial charge in [-0.25, -0.2) is 0 Å². The molecule has 0 N–H and O–H groups in total. The van der Waals surface area contributed by atoms with Gasteiger partial charge in [-0.1, -0.05) is 15.9 Å². The number of pyridine rings is 1. The molecule has 0 unspecified atom stereocenters. The van der Waals surface area contributed by atoms with Crippen LogP contribution >= 0.6 is 38.5 Å². The van der Waals surface area contributed by atoms with Crippen LogP contribution in [0.3, 0.4) is 0 Å². The molecule has 0 atom stereocenters. The summed E-state index contributed by atoms with van der Waals surface area (Å²) in [4.78, 5) is 13.0. The van der Waals surface area contributed by atoms with Crippen LogP contribution in [0.1, 0.15) is 5.56 Å². The van der Waals surface area contributed by atoms with Crippen molar-refractivity contribution in [1.29, 1.82) is 0 Å². The van der Waals surface area contributed by atoms with E-state index in [1.807, 2.05) is 0 Å². The quantitative estimate of drug-likeness (QED) is 0.321. The summed E-state index contributed by atoms with van der Waals surface area (Å²) in [6.45, 7) is 0. The number of alkyl halides is 4. The van der Waals surface area contributed by atoms with Gasteiger partial charge in [-0.15, -0.1) is 13.2 Å². The molecule has 0 radical (unpaired) electrons. The molecule has 0 aliphatic rings. The molecule has 10 heteroatoms. The zero-order chi connectivity index (χ0) is 13.2. The standard InChI is InChI=1S/C7H3BrF3IN2O3/c8-2-3-4(12)1-5(17-7(9,10)11)13-6(3)14(15)16/h1H,2H2. The molecule has 0 aliphatic carbocycles. The molecule has 0 bridgehead atoms. The van der Waals surface area contributed by atoms with Gasteiger partial charge < -0.3 is 14.9 Å². The lowest BCUT2D eigenvalue weighted by molar-refractivity contribution is -0.390. The minimum absolute atomic E-state index is 0.112. The van der Waals surface area contributed by atoms with Crippen LogP contribution in [0.5, 0.6) is 5.88 Å². The number of rotatable bonds is 3. The van der Waals surface area contributed by atoms with E-state index in [-0.39, 0.29) is 14.5 Å². The minimum atomic E-state index is -4.93. The number of nitrogens with zero attached hydrogens (tertiary/aromatic N) is 2. The van der Waals surface area contributed by atoms with E-state index in [4.69, 9.17) is 0 Å². The van der Waals surface area contributed by atoms with Crippen molar-refractivity contribution in [3.05, 3.63) is 25.3 Å². The maximum atomic E-state index is 11.9. The molecule has 5 nitrogen and oxygen atoms in total. The Kier molecular flexibility index (Phi) is 4.52. The Morgan fingerprint density at radius 1 is 1.59 bits per heavy atom. The van der Waals surface area contributed by atoms with Crippen molar-refractivity contribution in [2.75, 3.05) is 0 Å². The molecule has 1 rings (SSSR count). The van der Waals surface area contributed by atoms with Gasteiger partial charge in [0.1, 0.15) is 0 Å². The zero-order valence-corrected chi connectivity index (χ0v) is 11.5. The lowest BCUT2D eigenvalue weighted by Crippen LogP contribution is -2.18. The summed E-state index contributed by atoms with van der Waals surface area (Å²) in [5, 5.41) is 10.7. The Morgan fingerprint density at radius 2 is 2.18 bits per heavy atom. The molecule has 0 amide bonds. The average Bonchev–Trinajstić information content (AvgIpc) is 2.13. The first-order valence-electron chi connectivity index (χ1n) is 3.90. The second kappa shape index (κ2) is 5.33. The molecule has 17 heavy (non-hydrogen) atoms. The smallest absolute Gasteiger partial charge is 0.366 e. The SMILES string of the molecule is O=[N+]([O-])c1nc(OC(F)(F)F)cc(I)c1CBr. The monoisotopic (exact) mass is 426 g/mol. The van der Waals surface area contributed by atoms with Crippen molar-refractivity contribution in [1.82, 2.24) is 4.98 Å². The highest BCUT2D eigenvalue weighted by molar-refractivity contribution is 14.1. The summed E-state index contributed by atoms with van der Waals surface area (Å²) in [6.07, 6.45) is -4.93. The number of ether oxygens (including phenoxy) is 1. The maximum absolute atomic E-state index is 11.9. The van der Waals surface area contributed by atoms with Crippen LogP contribution in [0.15, 0.2) is 6.07 Å². The van der Waals surface area contributed by atoms with Crippen molar-refractivity contribution in [2.24, 2.45) is 0 Å². The Bertz CT molecular complexity index is 455. The fourth-order valence-corrected chi connectivity index (χ4v) is 2.73. The van der Waals surface area contributed by atoms with E-state index in [1.165, 1.54) is 0 Å². The van der Waals surface area contributed by atoms with Gasteiger partial charge in [-0.2, -0.15) is 0 Å². The Morgan fingerprint density at radius 3 is 2.59 bits per heavy atom. The number of nitro groups is 1. The van der Waals surface area contributed by atoms with Crippen molar-refractivity contribution in [2.45, 2.75) is 11.7 Å². The zero-order valence-electron chi connectivity index (χ0n) is 7.79. The van der Waals surface area contributed by atoms with E-state index in [0.717, 1.165) is 6.07 Å². The molecular weight excluding hydrogens is 424 g/mol. The van der Waals surface area contributed by atoms with Crippen LogP contribution in [0, 0.1) is 13.7 Å². The van der Waals surface area contributed by atoms with Gasteiger partial charge in [-0.05, 0) is 27.5 Å². The topological polar surface area (TPSA) is 65.3 Å². The second-order valence-electron chi connectivity index (χ2n) is 2.68. The van der Waals surface area contributed by atoms with Gasteiger partial charge in [-0.3, -0.25) is 0 Å². The van der Waals surface area contributed by atoms with E-state index in [9.17, 15) is 23.3 Å². The number of aromatic nitrogens is 1. The molecule has 0 aliphatic heterocycles. The van der Waals surface area contributed by atoms with Crippen LogP contribution in [0.2, 0.25) is 0 Å². The lowest BCUT2D eigenvalue weighted by Gasteiger charge is -2.07. The highest BCUT2D eigenvalue weighted by Crippen LogP contribution is 2.30. The molecule has 0 spiro atoms.